The Morgan fingerprint density at radius 2 is 2.00 bits per heavy atom. The van der Waals surface area contributed by atoms with Gasteiger partial charge in [0.2, 0.25) is 0 Å². The highest BCUT2D eigenvalue weighted by atomic mass is 16.5. The minimum Gasteiger partial charge on any atom is -0.273 e. The lowest BCUT2D eigenvalue weighted by Crippen LogP contribution is -2.35. The second-order valence-electron chi connectivity index (χ2n) is 2.91. The van der Waals surface area contributed by atoms with Crippen molar-refractivity contribution in [2.24, 2.45) is 0 Å². The van der Waals surface area contributed by atoms with Gasteiger partial charge in [-0.25, -0.2) is 5.43 Å². The summed E-state index contributed by atoms with van der Waals surface area (Å²) >= 11 is 0. The molecule has 0 atom stereocenters. The van der Waals surface area contributed by atoms with Crippen molar-refractivity contribution in [1.29, 1.82) is 0 Å². The number of rotatable bonds is 5. The van der Waals surface area contributed by atoms with Crippen LogP contribution in [0.25, 0.3) is 0 Å². The van der Waals surface area contributed by atoms with Gasteiger partial charge in [-0.3, -0.25) is 5.21 Å². The van der Waals surface area contributed by atoms with Crippen LogP contribution in [0.3, 0.4) is 0 Å². The summed E-state index contributed by atoms with van der Waals surface area (Å²) in [7, 11) is 0. The zero-order valence-electron chi connectivity index (χ0n) is 7.90. The summed E-state index contributed by atoms with van der Waals surface area (Å²) < 4.78 is 0. The van der Waals surface area contributed by atoms with E-state index < -0.39 is 0 Å². The van der Waals surface area contributed by atoms with E-state index in [1.54, 1.807) is 0 Å². The molecule has 0 fully saturated rings. The van der Waals surface area contributed by atoms with E-state index in [4.69, 9.17) is 0 Å². The molecule has 0 aliphatic rings. The van der Waals surface area contributed by atoms with Crippen molar-refractivity contribution < 1.29 is 5.21 Å². The van der Waals surface area contributed by atoms with E-state index in [0.717, 1.165) is 30.2 Å². The molecular weight excluding hydrogens is 164 g/mol. The van der Waals surface area contributed by atoms with Crippen molar-refractivity contribution in [1.82, 2.24) is 5.43 Å². The van der Waals surface area contributed by atoms with Crippen molar-refractivity contribution in [3.63, 3.8) is 0 Å². The summed E-state index contributed by atoms with van der Waals surface area (Å²) in [6.45, 7) is 2.91. The predicted octanol–water partition coefficient (Wildman–Crippen LogP) is 2.19. The number of hydrazine groups is 1. The van der Waals surface area contributed by atoms with E-state index in [1.807, 2.05) is 30.3 Å². The second kappa shape index (κ2) is 5.56. The van der Waals surface area contributed by atoms with Gasteiger partial charge in [-0.1, -0.05) is 31.5 Å². The van der Waals surface area contributed by atoms with Crippen molar-refractivity contribution in [3.8, 4) is 0 Å². The van der Waals surface area contributed by atoms with Gasteiger partial charge in [0, 0.05) is 6.54 Å². The van der Waals surface area contributed by atoms with Gasteiger partial charge in [-0.2, -0.15) is 5.17 Å². The van der Waals surface area contributed by atoms with E-state index in [0.29, 0.717) is 0 Å². The number of para-hydroxylation sites is 1. The van der Waals surface area contributed by atoms with Crippen LogP contribution in [0.5, 0.6) is 0 Å². The molecule has 0 aliphatic carbocycles. The lowest BCUT2D eigenvalue weighted by atomic mass is 10.3. The maximum absolute atomic E-state index is 9.47. The molecule has 72 valence electrons. The van der Waals surface area contributed by atoms with Crippen LogP contribution in [0.1, 0.15) is 19.8 Å². The van der Waals surface area contributed by atoms with Gasteiger partial charge in [0.1, 0.15) is 0 Å². The van der Waals surface area contributed by atoms with Gasteiger partial charge in [-0.05, 0) is 18.6 Å². The third-order valence-electron chi connectivity index (χ3n) is 1.79. The van der Waals surface area contributed by atoms with Gasteiger partial charge in [-0.15, -0.1) is 0 Å². The van der Waals surface area contributed by atoms with Crippen molar-refractivity contribution in [3.05, 3.63) is 30.3 Å². The summed E-state index contributed by atoms with van der Waals surface area (Å²) in [5.41, 5.74) is 3.65. The molecule has 1 aromatic carbocycles. The number of unbranched alkanes of at least 4 members (excludes halogenated alkanes) is 1. The molecular formula is C10H16N2O. The molecule has 0 unspecified atom stereocenters. The monoisotopic (exact) mass is 180 g/mol. The Morgan fingerprint density at radius 3 is 2.62 bits per heavy atom. The molecule has 3 heteroatoms. The largest absolute Gasteiger partial charge is 0.273 e. The van der Waals surface area contributed by atoms with Crippen molar-refractivity contribution in [2.45, 2.75) is 19.8 Å². The molecule has 3 nitrogen and oxygen atoms in total. The molecule has 1 aromatic rings. The highest BCUT2D eigenvalue weighted by Gasteiger charge is 1.98. The van der Waals surface area contributed by atoms with E-state index in [2.05, 4.69) is 12.3 Å². The third-order valence-corrected chi connectivity index (χ3v) is 1.79. The summed E-state index contributed by atoms with van der Waals surface area (Å²) in [5.74, 6) is 0. The first-order valence-electron chi connectivity index (χ1n) is 4.62. The Labute approximate surface area is 78.9 Å². The van der Waals surface area contributed by atoms with Gasteiger partial charge in [0.25, 0.3) is 0 Å². The molecule has 0 aromatic heterocycles. The molecule has 0 saturated carbocycles. The van der Waals surface area contributed by atoms with Gasteiger partial charge in [0.05, 0.1) is 5.69 Å². The number of nitrogens with one attached hydrogen (secondary N) is 1. The smallest absolute Gasteiger partial charge is 0.0820 e. The fourth-order valence-electron chi connectivity index (χ4n) is 1.02. The minimum absolute atomic E-state index is 0.763. The average molecular weight is 180 g/mol. The standard InChI is InChI=1S/C10H16N2O/c1-2-3-9-11-12(13)10-7-5-4-6-8-10/h4-8,11,13H,2-3,9H2,1H3. The van der Waals surface area contributed by atoms with E-state index >= 15 is 0 Å². The first kappa shape index (κ1) is 10.0. The summed E-state index contributed by atoms with van der Waals surface area (Å²) in [4.78, 5) is 0. The molecule has 0 amide bonds. The molecule has 0 spiro atoms. The van der Waals surface area contributed by atoms with Crippen LogP contribution < -0.4 is 10.6 Å². The maximum Gasteiger partial charge on any atom is 0.0820 e. The van der Waals surface area contributed by atoms with Crippen LogP contribution in [0, 0.1) is 0 Å². The van der Waals surface area contributed by atoms with Gasteiger partial charge >= 0.3 is 0 Å². The lowest BCUT2D eigenvalue weighted by molar-refractivity contribution is 0.210. The number of hydrogen-bond acceptors (Lipinski definition) is 3. The number of benzene rings is 1. The zero-order chi connectivity index (χ0) is 9.52. The van der Waals surface area contributed by atoms with Crippen molar-refractivity contribution >= 4 is 5.69 Å². The molecule has 1 rings (SSSR count). The van der Waals surface area contributed by atoms with Gasteiger partial charge in [0.15, 0.2) is 0 Å². The van der Waals surface area contributed by atoms with Crippen LogP contribution in [-0.2, 0) is 0 Å². The topological polar surface area (TPSA) is 35.5 Å². The van der Waals surface area contributed by atoms with Crippen LogP contribution in [0.2, 0.25) is 0 Å². The fraction of sp³-hybridized carbons (Fsp3) is 0.400. The third kappa shape index (κ3) is 3.44. The Kier molecular flexibility index (Phi) is 4.29. The van der Waals surface area contributed by atoms with Crippen LogP contribution in [0.4, 0.5) is 5.69 Å². The van der Waals surface area contributed by atoms with Crippen LogP contribution in [0.15, 0.2) is 30.3 Å². The fourth-order valence-corrected chi connectivity index (χ4v) is 1.02. The predicted molar refractivity (Wildman–Crippen MR) is 53.6 cm³/mol. The molecule has 0 heterocycles. The maximum atomic E-state index is 9.47. The summed E-state index contributed by atoms with van der Waals surface area (Å²) in [5, 5.41) is 10.5. The highest BCUT2D eigenvalue weighted by Crippen LogP contribution is 2.07. The van der Waals surface area contributed by atoms with E-state index in [9.17, 15) is 5.21 Å². The first-order chi connectivity index (χ1) is 6.34. The summed E-state index contributed by atoms with van der Waals surface area (Å²) in [6.07, 6.45) is 2.18. The van der Waals surface area contributed by atoms with E-state index in [-0.39, 0.29) is 0 Å². The SMILES string of the molecule is CCCCNN(O)c1ccccc1. The van der Waals surface area contributed by atoms with E-state index in [1.165, 1.54) is 0 Å². The molecule has 0 saturated heterocycles. The number of nitrogens with zero attached hydrogens (tertiary/aromatic N) is 1. The molecule has 0 aliphatic heterocycles. The number of hydrogen-bond donors (Lipinski definition) is 2. The molecule has 2 N–H and O–H groups in total. The Bertz CT molecular complexity index is 226. The Morgan fingerprint density at radius 1 is 1.31 bits per heavy atom. The molecule has 0 bridgehead atoms. The quantitative estimate of drug-likeness (QED) is 0.538. The van der Waals surface area contributed by atoms with Gasteiger partial charge < -0.3 is 0 Å². The second-order valence-corrected chi connectivity index (χ2v) is 2.91. The first-order valence-corrected chi connectivity index (χ1v) is 4.62. The zero-order valence-corrected chi connectivity index (χ0v) is 7.90. The Balaban J connectivity index is 2.35. The minimum atomic E-state index is 0.763. The number of anilines is 1. The lowest BCUT2D eigenvalue weighted by Gasteiger charge is -2.17. The Hall–Kier alpha value is -1.06. The molecule has 0 radical (unpaired) electrons. The summed E-state index contributed by atoms with van der Waals surface area (Å²) in [6, 6.07) is 9.39. The highest BCUT2D eigenvalue weighted by molar-refractivity contribution is 5.41. The average Bonchev–Trinajstić information content (AvgIpc) is 2.19. The van der Waals surface area contributed by atoms with Crippen LogP contribution >= 0.6 is 0 Å². The molecule has 13 heavy (non-hydrogen) atoms. The normalized spacial score (nSPS) is 10.0. The van der Waals surface area contributed by atoms with Crippen molar-refractivity contribution in [2.75, 3.05) is 11.7 Å². The van der Waals surface area contributed by atoms with Crippen LogP contribution in [-0.4, -0.2) is 11.8 Å².